The van der Waals surface area contributed by atoms with Crippen LogP contribution in [0.1, 0.15) is 12.1 Å². The summed E-state index contributed by atoms with van der Waals surface area (Å²) in [4.78, 5) is 3.04. The lowest BCUT2D eigenvalue weighted by atomic mass is 10.3. The molecule has 0 radical (unpaired) electrons. The van der Waals surface area contributed by atoms with Crippen LogP contribution in [0.3, 0.4) is 0 Å². The van der Waals surface area contributed by atoms with Crippen molar-refractivity contribution in [1.82, 2.24) is 4.98 Å². The molecule has 0 saturated heterocycles. The molecular weight excluding hydrogens is 259 g/mol. The molecule has 2 N–H and O–H groups in total. The molecule has 0 spiro atoms. The van der Waals surface area contributed by atoms with Crippen LogP contribution in [0.15, 0.2) is 6.20 Å². The first-order valence-corrected chi connectivity index (χ1v) is 4.08. The van der Waals surface area contributed by atoms with Crippen molar-refractivity contribution < 1.29 is 26.7 Å². The minimum absolute atomic E-state index is 0.399. The number of halogens is 6. The van der Waals surface area contributed by atoms with Crippen molar-refractivity contribution in [3.05, 3.63) is 16.9 Å². The van der Waals surface area contributed by atoms with Crippen LogP contribution >= 0.6 is 11.6 Å². The summed E-state index contributed by atoms with van der Waals surface area (Å²) in [6.07, 6.45) is -7.68. The first-order chi connectivity index (χ1) is 7.22. The first-order valence-electron chi connectivity index (χ1n) is 3.70. The van der Waals surface area contributed by atoms with Crippen molar-refractivity contribution >= 4 is 17.3 Å². The molecular formula is C7H4ClF5N2O. The van der Waals surface area contributed by atoms with Crippen molar-refractivity contribution in [2.45, 2.75) is 12.8 Å². The quantitative estimate of drug-likeness (QED) is 0.833. The average molecular weight is 263 g/mol. The molecule has 0 bridgehead atoms. The lowest BCUT2D eigenvalue weighted by molar-refractivity contribution is -0.275. The normalized spacial score (nSPS) is 11.9. The van der Waals surface area contributed by atoms with Crippen molar-refractivity contribution in [3.63, 3.8) is 0 Å². The number of pyridine rings is 1. The molecule has 9 heteroatoms. The second-order valence-corrected chi connectivity index (χ2v) is 2.99. The maximum atomic E-state index is 12.3. The van der Waals surface area contributed by atoms with Crippen LogP contribution in [-0.2, 0) is 0 Å². The number of hydrogen-bond donors (Lipinski definition) is 1. The van der Waals surface area contributed by atoms with Crippen LogP contribution in [0, 0.1) is 0 Å². The van der Waals surface area contributed by atoms with Gasteiger partial charge in [0.25, 0.3) is 6.43 Å². The summed E-state index contributed by atoms with van der Waals surface area (Å²) in [6, 6.07) is 0. The summed E-state index contributed by atoms with van der Waals surface area (Å²) in [5.41, 5.74) is 3.16. The van der Waals surface area contributed by atoms with Crippen LogP contribution in [0.5, 0.6) is 5.75 Å². The Kier molecular flexibility index (Phi) is 3.41. The smallest absolute Gasteiger partial charge is 0.401 e. The highest BCUT2D eigenvalue weighted by Gasteiger charge is 2.35. The Morgan fingerprint density at radius 3 is 2.38 bits per heavy atom. The number of nitrogen functional groups attached to an aromatic ring is 1. The first kappa shape index (κ1) is 12.8. The van der Waals surface area contributed by atoms with Gasteiger partial charge in [-0.2, -0.15) is 0 Å². The van der Waals surface area contributed by atoms with Gasteiger partial charge in [-0.1, -0.05) is 11.6 Å². The zero-order valence-corrected chi connectivity index (χ0v) is 8.11. The third kappa shape index (κ3) is 2.84. The molecule has 1 aromatic heterocycles. The Bertz CT molecular complexity index is 395. The number of hydrogen-bond acceptors (Lipinski definition) is 3. The SMILES string of the molecule is Nc1c(Cl)cnc(C(F)F)c1OC(F)(F)F. The standard InChI is InChI=1S/C7H4ClF5N2O/c8-2-1-15-4(6(9)10)5(3(2)14)16-7(11,12)13/h1,6H,(H2,14,15). The maximum absolute atomic E-state index is 12.3. The van der Waals surface area contributed by atoms with Gasteiger partial charge in [0.05, 0.1) is 10.7 Å². The Balaban J connectivity index is 3.26. The zero-order chi connectivity index (χ0) is 12.5. The van der Waals surface area contributed by atoms with Gasteiger partial charge in [-0.05, 0) is 0 Å². The molecule has 0 aliphatic rings. The van der Waals surface area contributed by atoms with Crippen LogP contribution in [0.2, 0.25) is 5.02 Å². The lowest BCUT2D eigenvalue weighted by Crippen LogP contribution is -2.19. The van der Waals surface area contributed by atoms with Crippen molar-refractivity contribution in [2.75, 3.05) is 5.73 Å². The van der Waals surface area contributed by atoms with E-state index in [1.165, 1.54) is 0 Å². The van der Waals surface area contributed by atoms with Crippen molar-refractivity contribution in [1.29, 1.82) is 0 Å². The minimum atomic E-state index is -5.15. The average Bonchev–Trinajstić information content (AvgIpc) is 2.10. The molecule has 0 unspecified atom stereocenters. The Morgan fingerprint density at radius 1 is 1.38 bits per heavy atom. The molecule has 16 heavy (non-hydrogen) atoms. The molecule has 3 nitrogen and oxygen atoms in total. The van der Waals surface area contributed by atoms with Crippen LogP contribution in [0.25, 0.3) is 0 Å². The number of ether oxygens (including phenoxy) is 1. The summed E-state index contributed by atoms with van der Waals surface area (Å²) < 4.78 is 63.7. The Hall–Kier alpha value is -1.31. The molecule has 90 valence electrons. The van der Waals surface area contributed by atoms with E-state index < -0.39 is 34.9 Å². The molecule has 0 amide bonds. The molecule has 1 rings (SSSR count). The van der Waals surface area contributed by atoms with Gasteiger partial charge < -0.3 is 10.5 Å². The largest absolute Gasteiger partial charge is 0.573 e. The van der Waals surface area contributed by atoms with E-state index in [0.29, 0.717) is 0 Å². The number of anilines is 1. The second-order valence-electron chi connectivity index (χ2n) is 2.58. The van der Waals surface area contributed by atoms with Crippen LogP contribution < -0.4 is 10.5 Å². The molecule has 0 aliphatic heterocycles. The summed E-state index contributed by atoms with van der Waals surface area (Å²) in [5, 5.41) is -0.399. The van der Waals surface area contributed by atoms with Gasteiger partial charge in [0.1, 0.15) is 0 Å². The highest BCUT2D eigenvalue weighted by Crippen LogP contribution is 2.39. The predicted octanol–water partition coefficient (Wildman–Crippen LogP) is 3.15. The van der Waals surface area contributed by atoms with Crippen molar-refractivity contribution in [2.24, 2.45) is 0 Å². The fraction of sp³-hybridized carbons (Fsp3) is 0.286. The van der Waals surface area contributed by atoms with Gasteiger partial charge in [0.2, 0.25) is 0 Å². The number of aromatic nitrogens is 1. The fourth-order valence-corrected chi connectivity index (χ4v) is 1.01. The monoisotopic (exact) mass is 262 g/mol. The summed E-state index contributed by atoms with van der Waals surface area (Å²) in [5.74, 6) is -1.27. The predicted molar refractivity (Wildman–Crippen MR) is 45.3 cm³/mol. The molecule has 0 aliphatic carbocycles. The lowest BCUT2D eigenvalue weighted by Gasteiger charge is -2.14. The van der Waals surface area contributed by atoms with Crippen molar-refractivity contribution in [3.8, 4) is 5.75 Å². The maximum Gasteiger partial charge on any atom is 0.573 e. The summed E-state index contributed by atoms with van der Waals surface area (Å²) in [6.45, 7) is 0. The highest BCUT2D eigenvalue weighted by atomic mass is 35.5. The summed E-state index contributed by atoms with van der Waals surface area (Å²) in [7, 11) is 0. The van der Waals surface area contributed by atoms with E-state index >= 15 is 0 Å². The van der Waals surface area contributed by atoms with E-state index in [9.17, 15) is 22.0 Å². The number of nitrogens with two attached hydrogens (primary N) is 1. The number of rotatable bonds is 2. The van der Waals surface area contributed by atoms with E-state index in [-0.39, 0.29) is 0 Å². The van der Waals surface area contributed by atoms with Gasteiger partial charge in [-0.15, -0.1) is 13.2 Å². The van der Waals surface area contributed by atoms with E-state index in [2.05, 4.69) is 9.72 Å². The Morgan fingerprint density at radius 2 is 1.94 bits per heavy atom. The van der Waals surface area contributed by atoms with Gasteiger partial charge in [0.15, 0.2) is 11.4 Å². The third-order valence-corrected chi connectivity index (χ3v) is 1.78. The van der Waals surface area contributed by atoms with E-state index in [1.807, 2.05) is 0 Å². The Labute approximate surface area is 91.0 Å². The molecule has 1 heterocycles. The number of nitrogens with zero attached hydrogens (tertiary/aromatic N) is 1. The molecule has 0 saturated carbocycles. The van der Waals surface area contributed by atoms with Gasteiger partial charge in [0, 0.05) is 6.20 Å². The van der Waals surface area contributed by atoms with Gasteiger partial charge >= 0.3 is 6.36 Å². The molecule has 0 fully saturated rings. The molecule has 1 aromatic rings. The molecule has 0 aromatic carbocycles. The topological polar surface area (TPSA) is 48.1 Å². The van der Waals surface area contributed by atoms with Gasteiger partial charge in [-0.25, -0.2) is 13.8 Å². The third-order valence-electron chi connectivity index (χ3n) is 1.48. The van der Waals surface area contributed by atoms with Crippen LogP contribution in [0.4, 0.5) is 27.6 Å². The molecule has 0 atom stereocenters. The fourth-order valence-electron chi connectivity index (χ4n) is 0.879. The summed E-state index contributed by atoms with van der Waals surface area (Å²) >= 11 is 5.34. The zero-order valence-electron chi connectivity index (χ0n) is 7.36. The minimum Gasteiger partial charge on any atom is -0.401 e. The van der Waals surface area contributed by atoms with E-state index in [4.69, 9.17) is 17.3 Å². The second kappa shape index (κ2) is 4.28. The van der Waals surface area contributed by atoms with Gasteiger partial charge in [-0.3, -0.25) is 0 Å². The van der Waals surface area contributed by atoms with E-state index in [0.717, 1.165) is 6.20 Å². The number of alkyl halides is 5. The highest BCUT2D eigenvalue weighted by molar-refractivity contribution is 6.33. The van der Waals surface area contributed by atoms with Crippen LogP contribution in [-0.4, -0.2) is 11.3 Å². The van der Waals surface area contributed by atoms with E-state index in [1.54, 1.807) is 0 Å².